The summed E-state index contributed by atoms with van der Waals surface area (Å²) in [4.78, 5) is 19.6. The molecule has 0 aliphatic heterocycles. The van der Waals surface area contributed by atoms with Crippen LogP contribution in [0, 0.1) is 0 Å². The second-order valence-electron chi connectivity index (χ2n) is 7.90. The Kier molecular flexibility index (Phi) is 5.60. The molecular formula is C26H23N5S. The summed E-state index contributed by atoms with van der Waals surface area (Å²) >= 11 is 1.64. The largest absolute Gasteiger partial charge is 0.350 e. The van der Waals surface area contributed by atoms with E-state index in [4.69, 9.17) is 9.97 Å². The number of benzene rings is 1. The van der Waals surface area contributed by atoms with Gasteiger partial charge in [0.25, 0.3) is 0 Å². The molecule has 0 saturated heterocycles. The van der Waals surface area contributed by atoms with Crippen LogP contribution >= 0.6 is 11.3 Å². The third kappa shape index (κ3) is 4.09. The van der Waals surface area contributed by atoms with E-state index in [0.717, 1.165) is 38.4 Å². The smallest absolute Gasteiger partial charge is 0.224 e. The van der Waals surface area contributed by atoms with Crippen LogP contribution < -0.4 is 5.32 Å². The van der Waals surface area contributed by atoms with Crippen LogP contribution in [0.4, 0.5) is 5.95 Å². The minimum atomic E-state index is 0.412. The molecule has 0 aliphatic rings. The minimum absolute atomic E-state index is 0.412. The van der Waals surface area contributed by atoms with Crippen molar-refractivity contribution in [3.8, 4) is 22.6 Å². The van der Waals surface area contributed by atoms with Crippen molar-refractivity contribution in [2.24, 2.45) is 0 Å². The molecule has 0 bridgehead atoms. The second-order valence-corrected chi connectivity index (χ2v) is 8.79. The predicted molar refractivity (Wildman–Crippen MR) is 132 cm³/mol. The monoisotopic (exact) mass is 437 g/mol. The number of nitrogens with one attached hydrogen (secondary N) is 1. The first-order chi connectivity index (χ1) is 15.7. The molecule has 1 N–H and O–H groups in total. The molecule has 32 heavy (non-hydrogen) atoms. The number of pyridine rings is 2. The van der Waals surface area contributed by atoms with Crippen molar-refractivity contribution in [2.75, 3.05) is 5.32 Å². The van der Waals surface area contributed by atoms with Crippen molar-refractivity contribution in [2.45, 2.75) is 26.3 Å². The highest BCUT2D eigenvalue weighted by Crippen LogP contribution is 2.34. The van der Waals surface area contributed by atoms with Crippen LogP contribution in [0.3, 0.4) is 0 Å². The molecule has 0 fully saturated rings. The molecule has 4 heterocycles. The van der Waals surface area contributed by atoms with E-state index >= 15 is 0 Å². The van der Waals surface area contributed by atoms with Gasteiger partial charge in [0.05, 0.1) is 17.1 Å². The van der Waals surface area contributed by atoms with Crippen LogP contribution in [0.5, 0.6) is 0 Å². The Bertz CT molecular complexity index is 1340. The molecule has 5 rings (SSSR count). The Balaban J connectivity index is 1.42. The summed E-state index contributed by atoms with van der Waals surface area (Å²) in [6, 6.07) is 20.5. The number of rotatable bonds is 6. The van der Waals surface area contributed by atoms with Crippen molar-refractivity contribution < 1.29 is 0 Å². The van der Waals surface area contributed by atoms with Gasteiger partial charge in [0.15, 0.2) is 0 Å². The second kappa shape index (κ2) is 8.85. The van der Waals surface area contributed by atoms with E-state index in [1.807, 2.05) is 30.5 Å². The van der Waals surface area contributed by atoms with E-state index in [1.54, 1.807) is 17.5 Å². The van der Waals surface area contributed by atoms with Gasteiger partial charge in [-0.2, -0.15) is 0 Å². The third-order valence-electron chi connectivity index (χ3n) is 5.37. The zero-order valence-electron chi connectivity index (χ0n) is 18.0. The summed E-state index contributed by atoms with van der Waals surface area (Å²) in [5.41, 5.74) is 6.22. The highest BCUT2D eigenvalue weighted by Gasteiger charge is 2.15. The average molecular weight is 438 g/mol. The van der Waals surface area contributed by atoms with E-state index in [9.17, 15) is 0 Å². The molecule has 0 saturated carbocycles. The zero-order chi connectivity index (χ0) is 21.9. The van der Waals surface area contributed by atoms with Crippen LogP contribution in [0.25, 0.3) is 32.9 Å². The van der Waals surface area contributed by atoms with Gasteiger partial charge in [0.2, 0.25) is 5.95 Å². The maximum atomic E-state index is 4.92. The van der Waals surface area contributed by atoms with Crippen LogP contribution in [-0.4, -0.2) is 19.9 Å². The van der Waals surface area contributed by atoms with Gasteiger partial charge in [-0.05, 0) is 46.7 Å². The van der Waals surface area contributed by atoms with Crippen LogP contribution in [0.2, 0.25) is 0 Å². The standard InChI is InChI=1S/C26H23N5S/c1-17(2)19-7-3-4-8-20(19)24-21-12-14-32-25(21)31-26(30-24)29-16-18-10-11-23(28-15-18)22-9-5-6-13-27-22/h3-15,17H,16H2,1-2H3,(H,29,30,31). The van der Waals surface area contributed by atoms with Crippen molar-refractivity contribution in [3.63, 3.8) is 0 Å². The fourth-order valence-corrected chi connectivity index (χ4v) is 4.50. The summed E-state index contributed by atoms with van der Waals surface area (Å²) < 4.78 is 0. The average Bonchev–Trinajstić information content (AvgIpc) is 3.32. The lowest BCUT2D eigenvalue weighted by molar-refractivity contribution is 0.868. The molecule has 5 aromatic rings. The minimum Gasteiger partial charge on any atom is -0.350 e. The molecule has 0 amide bonds. The number of fused-ring (bicyclic) bond motifs is 1. The maximum Gasteiger partial charge on any atom is 0.224 e. The third-order valence-corrected chi connectivity index (χ3v) is 6.17. The molecule has 6 heteroatoms. The Hall–Kier alpha value is -3.64. The summed E-state index contributed by atoms with van der Waals surface area (Å²) in [5, 5.41) is 6.56. The maximum absolute atomic E-state index is 4.92. The first-order valence-corrected chi connectivity index (χ1v) is 11.5. The van der Waals surface area contributed by atoms with Gasteiger partial charge < -0.3 is 5.32 Å². The van der Waals surface area contributed by atoms with Gasteiger partial charge in [-0.15, -0.1) is 11.3 Å². The van der Waals surface area contributed by atoms with Gasteiger partial charge in [-0.3, -0.25) is 9.97 Å². The molecule has 0 aliphatic carbocycles. The fraction of sp³-hybridized carbons (Fsp3) is 0.154. The molecule has 0 radical (unpaired) electrons. The van der Waals surface area contributed by atoms with E-state index in [2.05, 4.69) is 70.9 Å². The van der Waals surface area contributed by atoms with E-state index in [-0.39, 0.29) is 0 Å². The van der Waals surface area contributed by atoms with Crippen molar-refractivity contribution in [3.05, 3.63) is 89.6 Å². The van der Waals surface area contributed by atoms with E-state index < -0.39 is 0 Å². The quantitative estimate of drug-likeness (QED) is 0.326. The van der Waals surface area contributed by atoms with Gasteiger partial charge >= 0.3 is 0 Å². The number of hydrogen-bond acceptors (Lipinski definition) is 6. The highest BCUT2D eigenvalue weighted by atomic mass is 32.1. The van der Waals surface area contributed by atoms with Gasteiger partial charge in [0, 0.05) is 29.9 Å². The summed E-state index contributed by atoms with van der Waals surface area (Å²) in [6.45, 7) is 5.02. The van der Waals surface area contributed by atoms with Gasteiger partial charge in [-0.25, -0.2) is 9.97 Å². The zero-order valence-corrected chi connectivity index (χ0v) is 18.8. The number of thiophene rings is 1. The summed E-state index contributed by atoms with van der Waals surface area (Å²) in [5.74, 6) is 1.04. The number of nitrogens with zero attached hydrogens (tertiary/aromatic N) is 4. The lowest BCUT2D eigenvalue weighted by Gasteiger charge is -2.14. The Labute approximate surface area is 191 Å². The molecule has 0 spiro atoms. The Morgan fingerprint density at radius 3 is 2.50 bits per heavy atom. The van der Waals surface area contributed by atoms with Crippen molar-refractivity contribution >= 4 is 27.5 Å². The first kappa shape index (κ1) is 20.3. The molecule has 0 atom stereocenters. The van der Waals surface area contributed by atoms with Crippen molar-refractivity contribution in [1.82, 2.24) is 19.9 Å². The molecule has 4 aromatic heterocycles. The Morgan fingerprint density at radius 2 is 1.72 bits per heavy atom. The number of aromatic nitrogens is 4. The number of hydrogen-bond donors (Lipinski definition) is 1. The topological polar surface area (TPSA) is 63.6 Å². The SMILES string of the molecule is CC(C)c1ccccc1-c1nc(NCc2ccc(-c3ccccn3)nc2)nc2sccc12. The summed E-state index contributed by atoms with van der Waals surface area (Å²) in [6.07, 6.45) is 3.65. The highest BCUT2D eigenvalue weighted by molar-refractivity contribution is 7.16. The predicted octanol–water partition coefficient (Wildman–Crippen LogP) is 6.55. The van der Waals surface area contributed by atoms with Crippen molar-refractivity contribution in [1.29, 1.82) is 0 Å². The number of anilines is 1. The van der Waals surface area contributed by atoms with E-state index in [0.29, 0.717) is 18.4 Å². The van der Waals surface area contributed by atoms with E-state index in [1.165, 1.54) is 5.56 Å². The van der Waals surface area contributed by atoms with Crippen LogP contribution in [-0.2, 0) is 6.54 Å². The molecule has 1 aromatic carbocycles. The molecule has 5 nitrogen and oxygen atoms in total. The van der Waals surface area contributed by atoms with Crippen LogP contribution in [0.15, 0.2) is 78.4 Å². The van der Waals surface area contributed by atoms with Crippen LogP contribution in [0.1, 0.15) is 30.9 Å². The molecule has 158 valence electrons. The van der Waals surface area contributed by atoms with Gasteiger partial charge in [0.1, 0.15) is 4.83 Å². The Morgan fingerprint density at radius 1 is 0.875 bits per heavy atom. The lowest BCUT2D eigenvalue weighted by atomic mass is 9.94. The normalized spacial score (nSPS) is 11.2. The molecule has 0 unspecified atom stereocenters. The lowest BCUT2D eigenvalue weighted by Crippen LogP contribution is -2.05. The fourth-order valence-electron chi connectivity index (χ4n) is 3.73. The first-order valence-electron chi connectivity index (χ1n) is 10.6. The summed E-state index contributed by atoms with van der Waals surface area (Å²) in [7, 11) is 0. The van der Waals surface area contributed by atoms with Gasteiger partial charge in [-0.1, -0.05) is 50.2 Å². The molecular weight excluding hydrogens is 414 g/mol.